The van der Waals surface area contributed by atoms with E-state index >= 15 is 0 Å². The molecule has 4 aromatic rings. The van der Waals surface area contributed by atoms with Crippen LogP contribution in [0.2, 0.25) is 0 Å². The van der Waals surface area contributed by atoms with E-state index in [-0.39, 0.29) is 0 Å². The van der Waals surface area contributed by atoms with Crippen molar-refractivity contribution in [1.29, 1.82) is 0 Å². The zero-order valence-electron chi connectivity index (χ0n) is 16.3. The van der Waals surface area contributed by atoms with Crippen molar-refractivity contribution in [3.8, 4) is 17.1 Å². The lowest BCUT2D eigenvalue weighted by atomic mass is 10.1. The molecule has 0 saturated heterocycles. The maximum Gasteiger partial charge on any atom is 0.227 e. The highest BCUT2D eigenvalue weighted by Gasteiger charge is 2.25. The van der Waals surface area contributed by atoms with Gasteiger partial charge >= 0.3 is 0 Å². The van der Waals surface area contributed by atoms with Crippen LogP contribution in [0.5, 0.6) is 5.75 Å². The molecule has 2 N–H and O–H groups in total. The predicted octanol–water partition coefficient (Wildman–Crippen LogP) is 4.72. The number of pyridine rings is 1. The number of thioether (sulfide) groups is 1. The third-order valence-electron chi connectivity index (χ3n) is 4.84. The number of nitrogen functional groups attached to an aromatic ring is 1. The molecule has 1 aliphatic rings. The van der Waals surface area contributed by atoms with Crippen molar-refractivity contribution >= 4 is 27.7 Å². The van der Waals surface area contributed by atoms with Crippen LogP contribution in [0.1, 0.15) is 23.0 Å². The lowest BCUT2D eigenvalue weighted by Gasteiger charge is -2.28. The van der Waals surface area contributed by atoms with E-state index in [2.05, 4.69) is 37.2 Å². The Morgan fingerprint density at radius 1 is 1.13 bits per heavy atom. The second-order valence-electron chi connectivity index (χ2n) is 6.93. The average molecular weight is 496 g/mol. The van der Waals surface area contributed by atoms with Gasteiger partial charge < -0.3 is 15.3 Å². The maximum atomic E-state index is 6.26. The Balaban J connectivity index is 1.39. The minimum absolute atomic E-state index is 0.436. The molecule has 2 aromatic carbocycles. The molecule has 31 heavy (non-hydrogen) atoms. The van der Waals surface area contributed by atoms with Crippen molar-refractivity contribution < 1.29 is 9.47 Å². The number of hydrogen-bond acceptors (Lipinski definition) is 7. The summed E-state index contributed by atoms with van der Waals surface area (Å²) in [6, 6.07) is 17.7. The fourth-order valence-corrected chi connectivity index (χ4v) is 4.74. The molecule has 3 heterocycles. The van der Waals surface area contributed by atoms with Gasteiger partial charge in [0.25, 0.3) is 0 Å². The Bertz CT molecular complexity index is 1200. The first-order chi connectivity index (χ1) is 15.2. The van der Waals surface area contributed by atoms with Crippen molar-refractivity contribution in [3.05, 3.63) is 88.2 Å². The van der Waals surface area contributed by atoms with Gasteiger partial charge in [-0.05, 0) is 24.3 Å². The average Bonchev–Trinajstić information content (AvgIpc) is 3.18. The Kier molecular flexibility index (Phi) is 5.63. The lowest BCUT2D eigenvalue weighted by Crippen LogP contribution is -2.19. The standard InChI is InChI=1S/C22H18BrN5O2S/c23-18-9-16-12-29-21(14-5-2-1-3-6-14)30-19(16)17(10-18)13-31-22-27-26-20(28(22)24)15-7-4-8-25-11-15/h1-11,21H,12-13,24H2/t21-/m0/s1. The van der Waals surface area contributed by atoms with Crippen LogP contribution in [0.15, 0.2) is 76.6 Å². The number of benzene rings is 2. The van der Waals surface area contributed by atoms with Crippen LogP contribution in [-0.2, 0) is 17.1 Å². The van der Waals surface area contributed by atoms with Crippen LogP contribution in [0.4, 0.5) is 0 Å². The molecule has 0 unspecified atom stereocenters. The molecule has 0 radical (unpaired) electrons. The van der Waals surface area contributed by atoms with Gasteiger partial charge in [0.05, 0.1) is 6.61 Å². The molecular weight excluding hydrogens is 478 g/mol. The van der Waals surface area contributed by atoms with Gasteiger partial charge in [0, 0.05) is 44.9 Å². The van der Waals surface area contributed by atoms with Crippen LogP contribution in [0, 0.1) is 0 Å². The number of nitrogens with two attached hydrogens (primary N) is 1. The van der Waals surface area contributed by atoms with E-state index in [0.717, 1.165) is 32.5 Å². The second-order valence-corrected chi connectivity index (χ2v) is 8.79. The van der Waals surface area contributed by atoms with Gasteiger partial charge in [-0.2, -0.15) is 0 Å². The fraction of sp³-hybridized carbons (Fsp3) is 0.136. The highest BCUT2D eigenvalue weighted by Crippen LogP contribution is 2.40. The summed E-state index contributed by atoms with van der Waals surface area (Å²) >= 11 is 5.09. The molecule has 0 fully saturated rings. The van der Waals surface area contributed by atoms with E-state index in [9.17, 15) is 0 Å². The summed E-state index contributed by atoms with van der Waals surface area (Å²) in [5.41, 5.74) is 3.83. The molecule has 1 atom stereocenters. The first-order valence-electron chi connectivity index (χ1n) is 9.57. The van der Waals surface area contributed by atoms with Crippen molar-refractivity contribution in [2.24, 2.45) is 0 Å². The highest BCUT2D eigenvalue weighted by atomic mass is 79.9. The summed E-state index contributed by atoms with van der Waals surface area (Å²) in [6.45, 7) is 0.476. The largest absolute Gasteiger partial charge is 0.460 e. The van der Waals surface area contributed by atoms with Crippen molar-refractivity contribution in [2.75, 3.05) is 5.84 Å². The molecular formula is C22H18BrN5O2S. The number of aromatic nitrogens is 4. The van der Waals surface area contributed by atoms with E-state index in [1.165, 1.54) is 16.4 Å². The van der Waals surface area contributed by atoms with Gasteiger partial charge in [0.15, 0.2) is 5.82 Å². The van der Waals surface area contributed by atoms with Gasteiger partial charge in [0.2, 0.25) is 11.4 Å². The molecule has 2 aromatic heterocycles. The molecule has 5 rings (SSSR count). The number of nitrogens with zero attached hydrogens (tertiary/aromatic N) is 4. The Labute approximate surface area is 191 Å². The molecule has 0 amide bonds. The number of hydrogen-bond donors (Lipinski definition) is 1. The van der Waals surface area contributed by atoms with Crippen molar-refractivity contribution in [1.82, 2.24) is 19.9 Å². The summed E-state index contributed by atoms with van der Waals surface area (Å²) in [5.74, 6) is 8.27. The zero-order valence-corrected chi connectivity index (χ0v) is 18.7. The van der Waals surface area contributed by atoms with E-state index < -0.39 is 6.29 Å². The van der Waals surface area contributed by atoms with Gasteiger partial charge in [-0.1, -0.05) is 58.0 Å². The number of fused-ring (bicyclic) bond motifs is 1. The summed E-state index contributed by atoms with van der Waals surface area (Å²) in [6.07, 6.45) is 2.98. The van der Waals surface area contributed by atoms with Crippen molar-refractivity contribution in [3.63, 3.8) is 0 Å². The lowest BCUT2D eigenvalue weighted by molar-refractivity contribution is -0.111. The molecule has 0 bridgehead atoms. The quantitative estimate of drug-likeness (QED) is 0.316. The first-order valence-corrected chi connectivity index (χ1v) is 11.3. The van der Waals surface area contributed by atoms with Gasteiger partial charge in [-0.15, -0.1) is 10.2 Å². The molecule has 156 valence electrons. The number of ether oxygens (including phenoxy) is 2. The molecule has 9 heteroatoms. The molecule has 0 spiro atoms. The normalized spacial score (nSPS) is 15.3. The highest BCUT2D eigenvalue weighted by molar-refractivity contribution is 9.10. The van der Waals surface area contributed by atoms with E-state index in [1.807, 2.05) is 48.5 Å². The predicted molar refractivity (Wildman–Crippen MR) is 122 cm³/mol. The Morgan fingerprint density at radius 2 is 2.00 bits per heavy atom. The summed E-state index contributed by atoms with van der Waals surface area (Å²) in [5, 5.41) is 9.08. The van der Waals surface area contributed by atoms with Gasteiger partial charge in [0.1, 0.15) is 5.75 Å². The Morgan fingerprint density at radius 3 is 2.81 bits per heavy atom. The maximum absolute atomic E-state index is 6.26. The van der Waals surface area contributed by atoms with E-state index in [1.54, 1.807) is 12.4 Å². The van der Waals surface area contributed by atoms with Crippen LogP contribution < -0.4 is 10.6 Å². The second kappa shape index (κ2) is 8.70. The third kappa shape index (κ3) is 4.16. The monoisotopic (exact) mass is 495 g/mol. The SMILES string of the molecule is Nn1c(SCc2cc(Br)cc3c2O[C@@H](c2ccccc2)OC3)nnc1-c1cccnc1. The van der Waals surface area contributed by atoms with Crippen molar-refractivity contribution in [2.45, 2.75) is 23.8 Å². The van der Waals surface area contributed by atoms with Crippen LogP contribution in [0.25, 0.3) is 11.4 Å². The Hall–Kier alpha value is -2.88. The molecule has 0 aliphatic carbocycles. The van der Waals surface area contributed by atoms with Gasteiger partial charge in [-0.3, -0.25) is 4.98 Å². The van der Waals surface area contributed by atoms with Crippen LogP contribution in [-0.4, -0.2) is 19.9 Å². The molecule has 0 saturated carbocycles. The summed E-state index contributed by atoms with van der Waals surface area (Å²) < 4.78 is 14.6. The van der Waals surface area contributed by atoms with Crippen LogP contribution >= 0.6 is 27.7 Å². The summed E-state index contributed by atoms with van der Waals surface area (Å²) in [4.78, 5) is 4.12. The minimum atomic E-state index is -0.436. The van der Waals surface area contributed by atoms with Gasteiger partial charge in [-0.25, -0.2) is 4.68 Å². The van der Waals surface area contributed by atoms with E-state index in [0.29, 0.717) is 23.3 Å². The zero-order chi connectivity index (χ0) is 21.2. The molecule has 1 aliphatic heterocycles. The topological polar surface area (TPSA) is 88.1 Å². The van der Waals surface area contributed by atoms with E-state index in [4.69, 9.17) is 15.3 Å². The van der Waals surface area contributed by atoms with Crippen LogP contribution in [0.3, 0.4) is 0 Å². The first kappa shape index (κ1) is 20.0. The minimum Gasteiger partial charge on any atom is -0.460 e. The third-order valence-corrected chi connectivity index (χ3v) is 6.29. The summed E-state index contributed by atoms with van der Waals surface area (Å²) in [7, 11) is 0. The smallest absolute Gasteiger partial charge is 0.227 e. The number of rotatable bonds is 5. The number of halogens is 1. The fourth-order valence-electron chi connectivity index (χ4n) is 3.37. The molecule has 7 nitrogen and oxygen atoms in total.